The maximum Gasteiger partial charge on any atom is 0.255 e. The van der Waals surface area contributed by atoms with Crippen LogP contribution in [0.4, 0.5) is 0 Å². The molecule has 70 valence electrons. The molecule has 4 nitrogen and oxygen atoms in total. The topological polar surface area (TPSA) is 45.3 Å². The van der Waals surface area contributed by atoms with E-state index in [1.54, 1.807) is 30.5 Å². The van der Waals surface area contributed by atoms with Crippen LogP contribution < -0.4 is 0 Å². The van der Waals surface area contributed by atoms with Crippen molar-refractivity contribution in [1.29, 1.82) is 0 Å². The van der Waals surface area contributed by atoms with Gasteiger partial charge in [0.1, 0.15) is 0 Å². The lowest BCUT2D eigenvalue weighted by molar-refractivity contribution is -0.0191. The predicted octanol–water partition coefficient (Wildman–Crippen LogP) is 0.486. The number of ether oxygens (including phenoxy) is 1. The van der Waals surface area contributed by atoms with Crippen molar-refractivity contribution in [3.8, 4) is 0 Å². The van der Waals surface area contributed by atoms with Gasteiger partial charge in [0.25, 0.3) is 5.91 Å². The predicted molar refractivity (Wildman–Crippen MR) is 47.5 cm³/mol. The number of nitrogens with one attached hydrogen (secondary N) is 1. The summed E-state index contributed by atoms with van der Waals surface area (Å²) in [5.41, 5.74) is 0.717. The number of H-pyrrole nitrogens is 1. The van der Waals surface area contributed by atoms with Crippen LogP contribution in [0.15, 0.2) is 18.5 Å². The molecule has 0 spiro atoms. The monoisotopic (exact) mass is 180 g/mol. The molecule has 13 heavy (non-hydrogen) atoms. The summed E-state index contributed by atoms with van der Waals surface area (Å²) in [5.74, 6) is 0.0783. The van der Waals surface area contributed by atoms with Crippen molar-refractivity contribution in [2.45, 2.75) is 6.10 Å². The van der Waals surface area contributed by atoms with Crippen molar-refractivity contribution in [2.75, 3.05) is 20.2 Å². The number of aromatic amines is 1. The van der Waals surface area contributed by atoms with Crippen LogP contribution in [0.25, 0.3) is 0 Å². The Morgan fingerprint density at radius 2 is 2.46 bits per heavy atom. The lowest BCUT2D eigenvalue weighted by Crippen LogP contribution is -2.54. The Bertz CT molecular complexity index is 289. The summed E-state index contributed by atoms with van der Waals surface area (Å²) in [4.78, 5) is 16.2. The Morgan fingerprint density at radius 1 is 1.69 bits per heavy atom. The van der Waals surface area contributed by atoms with E-state index in [0.29, 0.717) is 13.1 Å². The molecule has 0 radical (unpaired) electrons. The Hall–Kier alpha value is -1.29. The number of carbonyl (C=O) groups excluding carboxylic acids is 1. The number of methoxy groups -OCH3 is 1. The molecule has 0 bridgehead atoms. The van der Waals surface area contributed by atoms with Gasteiger partial charge >= 0.3 is 0 Å². The lowest BCUT2D eigenvalue weighted by Gasteiger charge is -2.37. The van der Waals surface area contributed by atoms with E-state index in [9.17, 15) is 4.79 Å². The Balaban J connectivity index is 1.94. The standard InChI is InChI=1S/C9H12N2O2/c1-13-8-5-11(6-8)9(12)7-2-3-10-4-7/h2-4,8,10H,5-6H2,1H3. The first-order valence-corrected chi connectivity index (χ1v) is 4.26. The highest BCUT2D eigenvalue weighted by Gasteiger charge is 2.30. The average molecular weight is 180 g/mol. The largest absolute Gasteiger partial charge is 0.378 e. The summed E-state index contributed by atoms with van der Waals surface area (Å²) >= 11 is 0. The fourth-order valence-corrected chi connectivity index (χ4v) is 1.39. The number of aromatic nitrogens is 1. The normalized spacial score (nSPS) is 17.2. The van der Waals surface area contributed by atoms with Crippen LogP contribution in [0, 0.1) is 0 Å². The van der Waals surface area contributed by atoms with E-state index in [1.165, 1.54) is 0 Å². The third kappa shape index (κ3) is 1.45. The van der Waals surface area contributed by atoms with E-state index in [4.69, 9.17) is 4.74 Å². The first kappa shape index (κ1) is 8.31. The molecule has 2 rings (SSSR count). The van der Waals surface area contributed by atoms with Gasteiger partial charge in [-0.1, -0.05) is 0 Å². The summed E-state index contributed by atoms with van der Waals surface area (Å²) in [6.07, 6.45) is 3.69. The number of amides is 1. The van der Waals surface area contributed by atoms with E-state index in [1.807, 2.05) is 0 Å². The Morgan fingerprint density at radius 3 is 3.00 bits per heavy atom. The van der Waals surface area contributed by atoms with E-state index in [0.717, 1.165) is 5.56 Å². The molecule has 0 aromatic carbocycles. The molecule has 0 saturated carbocycles. The van der Waals surface area contributed by atoms with Gasteiger partial charge in [-0.3, -0.25) is 4.79 Å². The molecule has 1 fully saturated rings. The third-order valence-corrected chi connectivity index (χ3v) is 2.31. The highest BCUT2D eigenvalue weighted by molar-refractivity contribution is 5.94. The molecular weight excluding hydrogens is 168 g/mol. The van der Waals surface area contributed by atoms with Crippen LogP contribution in [0.3, 0.4) is 0 Å². The van der Waals surface area contributed by atoms with Crippen LogP contribution in [-0.2, 0) is 4.74 Å². The lowest BCUT2D eigenvalue weighted by atomic mass is 10.1. The minimum Gasteiger partial charge on any atom is -0.378 e. The van der Waals surface area contributed by atoms with Gasteiger partial charge in [0, 0.05) is 32.6 Å². The van der Waals surface area contributed by atoms with E-state index < -0.39 is 0 Å². The molecule has 1 aliphatic rings. The second-order valence-electron chi connectivity index (χ2n) is 3.17. The van der Waals surface area contributed by atoms with Crippen molar-refractivity contribution < 1.29 is 9.53 Å². The van der Waals surface area contributed by atoms with Gasteiger partial charge in [-0.25, -0.2) is 0 Å². The highest BCUT2D eigenvalue weighted by Crippen LogP contribution is 2.14. The summed E-state index contributed by atoms with van der Waals surface area (Å²) in [5, 5.41) is 0. The fraction of sp³-hybridized carbons (Fsp3) is 0.444. The summed E-state index contributed by atoms with van der Waals surface area (Å²) in [6.45, 7) is 1.42. The average Bonchev–Trinajstić information content (AvgIpc) is 2.53. The molecule has 4 heteroatoms. The van der Waals surface area contributed by atoms with Gasteiger partial charge in [-0.15, -0.1) is 0 Å². The summed E-state index contributed by atoms with van der Waals surface area (Å²) in [6, 6.07) is 1.78. The number of carbonyl (C=O) groups is 1. The number of likely N-dealkylation sites (tertiary alicyclic amines) is 1. The zero-order chi connectivity index (χ0) is 9.26. The molecule has 0 unspecified atom stereocenters. The maximum atomic E-state index is 11.6. The molecule has 1 aliphatic heterocycles. The van der Waals surface area contributed by atoms with Crippen molar-refractivity contribution in [2.24, 2.45) is 0 Å². The number of nitrogens with zero attached hydrogens (tertiary/aromatic N) is 1. The van der Waals surface area contributed by atoms with Gasteiger partial charge in [-0.05, 0) is 6.07 Å². The molecule has 1 aromatic rings. The second-order valence-corrected chi connectivity index (χ2v) is 3.17. The zero-order valence-corrected chi connectivity index (χ0v) is 7.49. The fourth-order valence-electron chi connectivity index (χ4n) is 1.39. The Kier molecular flexibility index (Phi) is 2.06. The maximum absolute atomic E-state index is 11.6. The van der Waals surface area contributed by atoms with Crippen LogP contribution in [-0.4, -0.2) is 42.1 Å². The quantitative estimate of drug-likeness (QED) is 0.719. The molecule has 0 aliphatic carbocycles. The van der Waals surface area contributed by atoms with Crippen molar-refractivity contribution in [3.05, 3.63) is 24.0 Å². The van der Waals surface area contributed by atoms with Crippen molar-refractivity contribution >= 4 is 5.91 Å². The van der Waals surface area contributed by atoms with Gasteiger partial charge in [0.2, 0.25) is 0 Å². The summed E-state index contributed by atoms with van der Waals surface area (Å²) < 4.78 is 5.08. The van der Waals surface area contributed by atoms with Gasteiger partial charge in [0.15, 0.2) is 0 Å². The van der Waals surface area contributed by atoms with Gasteiger partial charge < -0.3 is 14.6 Å². The summed E-state index contributed by atoms with van der Waals surface area (Å²) in [7, 11) is 1.67. The SMILES string of the molecule is COC1CN(C(=O)c2cc[nH]c2)C1. The number of hydrogen-bond acceptors (Lipinski definition) is 2. The van der Waals surface area contributed by atoms with E-state index >= 15 is 0 Å². The van der Waals surface area contributed by atoms with Crippen LogP contribution in [0.5, 0.6) is 0 Å². The zero-order valence-electron chi connectivity index (χ0n) is 7.49. The van der Waals surface area contributed by atoms with Crippen LogP contribution in [0.1, 0.15) is 10.4 Å². The first-order valence-electron chi connectivity index (χ1n) is 4.26. The van der Waals surface area contributed by atoms with E-state index in [2.05, 4.69) is 4.98 Å². The molecule has 1 aromatic heterocycles. The van der Waals surface area contributed by atoms with Crippen LogP contribution in [0.2, 0.25) is 0 Å². The third-order valence-electron chi connectivity index (χ3n) is 2.31. The van der Waals surface area contributed by atoms with Crippen LogP contribution >= 0.6 is 0 Å². The smallest absolute Gasteiger partial charge is 0.255 e. The van der Waals surface area contributed by atoms with Crippen molar-refractivity contribution in [1.82, 2.24) is 9.88 Å². The molecule has 1 N–H and O–H groups in total. The van der Waals surface area contributed by atoms with Gasteiger partial charge in [0.05, 0.1) is 11.7 Å². The second kappa shape index (κ2) is 3.22. The molecule has 1 saturated heterocycles. The van der Waals surface area contributed by atoms with Crippen molar-refractivity contribution in [3.63, 3.8) is 0 Å². The van der Waals surface area contributed by atoms with Gasteiger partial charge in [-0.2, -0.15) is 0 Å². The highest BCUT2D eigenvalue weighted by atomic mass is 16.5. The number of hydrogen-bond donors (Lipinski definition) is 1. The molecule has 1 amide bonds. The molecule has 0 atom stereocenters. The number of rotatable bonds is 2. The molecule has 2 heterocycles. The molecular formula is C9H12N2O2. The van der Waals surface area contributed by atoms with E-state index in [-0.39, 0.29) is 12.0 Å². The Labute approximate surface area is 76.5 Å². The first-order chi connectivity index (χ1) is 6.31. The minimum atomic E-state index is 0.0783. The minimum absolute atomic E-state index is 0.0783.